The van der Waals surface area contributed by atoms with Crippen molar-refractivity contribution in [2.75, 3.05) is 13.1 Å². The lowest BCUT2D eigenvalue weighted by Crippen LogP contribution is -2.37. The van der Waals surface area contributed by atoms with Crippen LogP contribution in [0.1, 0.15) is 59.8 Å². The number of allylic oxidation sites excluding steroid dienone is 2. The summed E-state index contributed by atoms with van der Waals surface area (Å²) in [5.41, 5.74) is 1.52. The maximum Gasteiger partial charge on any atom is 0.0572 e. The fourth-order valence-electron chi connectivity index (χ4n) is 1.81. The number of hydrogen-bond donors (Lipinski definition) is 2. The Morgan fingerprint density at radius 3 is 2.69 bits per heavy atom. The molecule has 1 unspecified atom stereocenters. The summed E-state index contributed by atoms with van der Waals surface area (Å²) >= 11 is 0. The van der Waals surface area contributed by atoms with Crippen LogP contribution in [0.25, 0.3) is 0 Å². The molecule has 0 aliphatic carbocycles. The minimum atomic E-state index is 0.595. The average Bonchev–Trinajstić information content (AvgIpc) is 2.84. The van der Waals surface area contributed by atoms with Crippen molar-refractivity contribution in [1.82, 2.24) is 10.6 Å². The van der Waals surface area contributed by atoms with Crippen LogP contribution in [0.2, 0.25) is 0 Å². The first-order chi connectivity index (χ1) is 7.83. The molecular weight excluding hydrogens is 196 g/mol. The molecule has 16 heavy (non-hydrogen) atoms. The largest absolute Gasteiger partial charge is 0.302 e. The van der Waals surface area contributed by atoms with Gasteiger partial charge in [0.25, 0.3) is 0 Å². The lowest BCUT2D eigenvalue weighted by molar-refractivity contribution is 0.472. The van der Waals surface area contributed by atoms with Crippen LogP contribution in [0.3, 0.4) is 0 Å². The Morgan fingerprint density at radius 2 is 2.12 bits per heavy atom. The molecule has 0 saturated carbocycles. The van der Waals surface area contributed by atoms with E-state index < -0.39 is 0 Å². The fourth-order valence-corrected chi connectivity index (χ4v) is 1.81. The van der Waals surface area contributed by atoms with Gasteiger partial charge in [-0.1, -0.05) is 25.5 Å². The summed E-state index contributed by atoms with van der Waals surface area (Å²) in [6.07, 6.45) is 9.31. The van der Waals surface area contributed by atoms with Gasteiger partial charge in [0.1, 0.15) is 0 Å². The molecule has 0 bridgehead atoms. The first kappa shape index (κ1) is 15.7. The van der Waals surface area contributed by atoms with Crippen LogP contribution in [0, 0.1) is 0 Å². The predicted molar refractivity (Wildman–Crippen MR) is 73.7 cm³/mol. The molecular formula is C14H30N2. The van der Waals surface area contributed by atoms with Crippen LogP contribution in [-0.2, 0) is 0 Å². The molecule has 1 atom stereocenters. The number of unbranched alkanes of at least 4 members (excludes halogenated alkanes) is 1. The third kappa shape index (κ3) is 7.89. The lowest BCUT2D eigenvalue weighted by Gasteiger charge is -2.12. The van der Waals surface area contributed by atoms with E-state index in [1.54, 1.807) is 0 Å². The van der Waals surface area contributed by atoms with Crippen molar-refractivity contribution >= 4 is 0 Å². The summed E-state index contributed by atoms with van der Waals surface area (Å²) in [6, 6.07) is 0. The van der Waals surface area contributed by atoms with E-state index in [0.29, 0.717) is 6.17 Å². The maximum absolute atomic E-state index is 3.54. The van der Waals surface area contributed by atoms with E-state index in [4.69, 9.17) is 0 Å². The number of rotatable bonds is 6. The molecule has 2 nitrogen and oxygen atoms in total. The molecule has 0 aromatic carbocycles. The van der Waals surface area contributed by atoms with Gasteiger partial charge in [-0.3, -0.25) is 0 Å². The van der Waals surface area contributed by atoms with E-state index >= 15 is 0 Å². The van der Waals surface area contributed by atoms with Crippen molar-refractivity contribution in [2.45, 2.75) is 66.0 Å². The summed E-state index contributed by atoms with van der Waals surface area (Å²) in [5.74, 6) is 0. The van der Waals surface area contributed by atoms with Gasteiger partial charge in [0.05, 0.1) is 6.17 Å². The summed E-state index contributed by atoms with van der Waals surface area (Å²) < 4.78 is 0. The molecule has 2 heteroatoms. The van der Waals surface area contributed by atoms with Gasteiger partial charge in [-0.2, -0.15) is 0 Å². The van der Waals surface area contributed by atoms with Crippen LogP contribution in [-0.4, -0.2) is 19.3 Å². The van der Waals surface area contributed by atoms with Gasteiger partial charge in [0, 0.05) is 0 Å². The third-order valence-corrected chi connectivity index (χ3v) is 2.94. The SMILES string of the molecule is C/C=C(/C)CCCCNC1CCCN1.CC. The second kappa shape index (κ2) is 11.2. The highest BCUT2D eigenvalue weighted by Crippen LogP contribution is 2.06. The average molecular weight is 226 g/mol. The van der Waals surface area contributed by atoms with Crippen LogP contribution < -0.4 is 10.6 Å². The summed E-state index contributed by atoms with van der Waals surface area (Å²) in [7, 11) is 0. The Kier molecular flexibility index (Phi) is 10.9. The van der Waals surface area contributed by atoms with Gasteiger partial charge in [0.2, 0.25) is 0 Å². The Bertz CT molecular complexity index is 170. The van der Waals surface area contributed by atoms with Gasteiger partial charge in [-0.25, -0.2) is 0 Å². The van der Waals surface area contributed by atoms with E-state index in [9.17, 15) is 0 Å². The second-order valence-corrected chi connectivity index (χ2v) is 4.20. The lowest BCUT2D eigenvalue weighted by atomic mass is 10.1. The van der Waals surface area contributed by atoms with E-state index in [0.717, 1.165) is 6.54 Å². The standard InChI is InChI=1S/C12H24N2.C2H6/c1-3-11(2)7-4-5-9-13-12-8-6-10-14-12;1-2/h3,12-14H,4-10H2,1-2H3;1-2H3/b11-3-;. The molecule has 0 aromatic rings. The Balaban J connectivity index is 0.00000106. The zero-order valence-corrected chi connectivity index (χ0v) is 11.6. The van der Waals surface area contributed by atoms with Gasteiger partial charge in [-0.15, -0.1) is 0 Å². The summed E-state index contributed by atoms with van der Waals surface area (Å²) in [6.45, 7) is 10.7. The zero-order chi connectivity index (χ0) is 12.2. The summed E-state index contributed by atoms with van der Waals surface area (Å²) in [4.78, 5) is 0. The normalized spacial score (nSPS) is 20.5. The highest BCUT2D eigenvalue weighted by molar-refractivity contribution is 4.94. The minimum Gasteiger partial charge on any atom is -0.302 e. The molecule has 0 amide bonds. The fraction of sp³-hybridized carbons (Fsp3) is 0.857. The van der Waals surface area contributed by atoms with Gasteiger partial charge in [0.15, 0.2) is 0 Å². The predicted octanol–water partition coefficient (Wildman–Crippen LogP) is 3.45. The highest BCUT2D eigenvalue weighted by atomic mass is 15.1. The van der Waals surface area contributed by atoms with E-state index in [1.807, 2.05) is 13.8 Å². The molecule has 1 aliphatic rings. The second-order valence-electron chi connectivity index (χ2n) is 4.20. The van der Waals surface area contributed by atoms with Crippen LogP contribution in [0.4, 0.5) is 0 Å². The topological polar surface area (TPSA) is 24.1 Å². The number of nitrogens with one attached hydrogen (secondary N) is 2. The van der Waals surface area contributed by atoms with Crippen molar-refractivity contribution in [1.29, 1.82) is 0 Å². The zero-order valence-electron chi connectivity index (χ0n) is 11.6. The smallest absolute Gasteiger partial charge is 0.0572 e. The molecule has 96 valence electrons. The van der Waals surface area contributed by atoms with Crippen molar-refractivity contribution in [3.05, 3.63) is 11.6 Å². The quantitative estimate of drug-likeness (QED) is 0.535. The minimum absolute atomic E-state index is 0.595. The molecule has 1 fully saturated rings. The Morgan fingerprint density at radius 1 is 1.38 bits per heavy atom. The van der Waals surface area contributed by atoms with Crippen LogP contribution >= 0.6 is 0 Å². The molecule has 1 aliphatic heterocycles. The van der Waals surface area contributed by atoms with E-state index in [2.05, 4.69) is 30.6 Å². The highest BCUT2D eigenvalue weighted by Gasteiger charge is 2.11. The van der Waals surface area contributed by atoms with Gasteiger partial charge >= 0.3 is 0 Å². The van der Waals surface area contributed by atoms with E-state index in [-0.39, 0.29) is 0 Å². The van der Waals surface area contributed by atoms with E-state index in [1.165, 1.54) is 44.2 Å². The van der Waals surface area contributed by atoms with Crippen LogP contribution in [0.5, 0.6) is 0 Å². The van der Waals surface area contributed by atoms with Gasteiger partial charge < -0.3 is 10.6 Å². The molecule has 2 N–H and O–H groups in total. The molecule has 1 heterocycles. The first-order valence-corrected chi connectivity index (χ1v) is 6.91. The Hall–Kier alpha value is -0.340. The van der Waals surface area contributed by atoms with Crippen molar-refractivity contribution < 1.29 is 0 Å². The van der Waals surface area contributed by atoms with Gasteiger partial charge in [-0.05, 0) is 59.0 Å². The van der Waals surface area contributed by atoms with Crippen molar-refractivity contribution in [3.63, 3.8) is 0 Å². The monoisotopic (exact) mass is 226 g/mol. The summed E-state index contributed by atoms with van der Waals surface area (Å²) in [5, 5.41) is 6.99. The molecule has 1 rings (SSSR count). The van der Waals surface area contributed by atoms with Crippen LogP contribution in [0.15, 0.2) is 11.6 Å². The first-order valence-electron chi connectivity index (χ1n) is 6.91. The molecule has 0 aromatic heterocycles. The third-order valence-electron chi connectivity index (χ3n) is 2.94. The molecule has 0 radical (unpaired) electrons. The van der Waals surface area contributed by atoms with Crippen molar-refractivity contribution in [2.24, 2.45) is 0 Å². The molecule has 1 saturated heterocycles. The molecule has 0 spiro atoms. The maximum atomic E-state index is 3.54. The number of hydrogen-bond acceptors (Lipinski definition) is 2. The van der Waals surface area contributed by atoms with Crippen molar-refractivity contribution in [3.8, 4) is 0 Å². The Labute approximate surface area is 102 Å².